The van der Waals surface area contributed by atoms with Crippen LogP contribution in [-0.4, -0.2) is 39.9 Å². The van der Waals surface area contributed by atoms with Crippen LogP contribution in [0.15, 0.2) is 116 Å². The molecule has 120 heavy (non-hydrogen) atoms. The second-order valence-electron chi connectivity index (χ2n) is 34.9. The Balaban J connectivity index is 0.966. The Labute approximate surface area is 701 Å². The first kappa shape index (κ1) is 81.6. The molecule has 17 rings (SSSR count). The summed E-state index contributed by atoms with van der Waals surface area (Å²) in [6.45, 7) is 9.10. The number of nitrogens with one attached hydrogen (secondary N) is 8. The summed E-state index contributed by atoms with van der Waals surface area (Å²) in [7, 11) is 0. The van der Waals surface area contributed by atoms with Gasteiger partial charge in [-0.1, -0.05) is 259 Å². The maximum absolute atomic E-state index is 13.5. The van der Waals surface area contributed by atoms with Gasteiger partial charge in [-0.05, 0) is 49.9 Å². The van der Waals surface area contributed by atoms with Crippen molar-refractivity contribution in [3.63, 3.8) is 0 Å². The van der Waals surface area contributed by atoms with E-state index in [1.807, 2.05) is 48.5 Å². The van der Waals surface area contributed by atoms with E-state index in [0.717, 1.165) is 147 Å². The molecular weight excluding hydrogens is 1510 g/mol. The fraction of sp³-hybridized carbons (Fsp3) is 0.480. The van der Waals surface area contributed by atoms with E-state index in [1.165, 1.54) is 128 Å². The number of hydrogen-bond donors (Lipinski definition) is 8. The summed E-state index contributed by atoms with van der Waals surface area (Å²) in [6.07, 6.45) is 43.9. The van der Waals surface area contributed by atoms with Gasteiger partial charge in [-0.3, -0.25) is 0 Å². The molecule has 0 saturated carbocycles. The van der Waals surface area contributed by atoms with Crippen molar-refractivity contribution in [2.75, 3.05) is 0 Å². The van der Waals surface area contributed by atoms with Crippen LogP contribution >= 0.6 is 0 Å². The van der Waals surface area contributed by atoms with Crippen LogP contribution in [0.25, 0.3) is 44.1 Å². The number of fused-ring (bicyclic) bond motifs is 8. The number of H-pyrrole nitrogens is 8. The normalized spacial score (nSPS) is 15.8. The van der Waals surface area contributed by atoms with E-state index in [9.17, 15) is 19.2 Å². The Kier molecular flexibility index (Phi) is 25.8. The lowest BCUT2D eigenvalue weighted by atomic mass is 9.76. The molecule has 0 radical (unpaired) electrons. The molecule has 8 N–H and O–H groups in total. The lowest BCUT2D eigenvalue weighted by molar-refractivity contribution is 0.401. The first-order valence-electron chi connectivity index (χ1n) is 46.1. The van der Waals surface area contributed by atoms with Gasteiger partial charge in [-0.15, -0.1) is 0 Å². The fourth-order valence-corrected chi connectivity index (χ4v) is 19.6. The molecule has 8 aromatic carbocycles. The lowest BCUT2D eigenvalue weighted by Crippen LogP contribution is -2.13. The summed E-state index contributed by atoms with van der Waals surface area (Å²) >= 11 is 0. The Morgan fingerprint density at radius 2 is 0.308 bits per heavy atom. The summed E-state index contributed by atoms with van der Waals surface area (Å²) in [6, 6.07) is 32.6. The summed E-state index contributed by atoms with van der Waals surface area (Å²) < 4.78 is 61.3. The molecular formula is C100H120N8O12. The molecule has 5 aliphatic rings. The van der Waals surface area contributed by atoms with Crippen molar-refractivity contribution in [2.24, 2.45) is 0 Å². The first-order valence-corrected chi connectivity index (χ1v) is 46.1. The molecule has 0 unspecified atom stereocenters. The molecule has 0 atom stereocenters. The highest BCUT2D eigenvalue weighted by Crippen LogP contribution is 2.60. The van der Waals surface area contributed by atoms with Crippen LogP contribution in [0.1, 0.15) is 353 Å². The zero-order valence-electron chi connectivity index (χ0n) is 70.7. The van der Waals surface area contributed by atoms with E-state index < -0.39 is 23.7 Å². The van der Waals surface area contributed by atoms with Crippen LogP contribution in [0.4, 0.5) is 0 Å². The van der Waals surface area contributed by atoms with Crippen molar-refractivity contribution >= 4 is 44.1 Å². The highest BCUT2D eigenvalue weighted by Gasteiger charge is 2.40. The average molecular weight is 1630 g/mol. The molecule has 12 aromatic rings. The van der Waals surface area contributed by atoms with Crippen molar-refractivity contribution in [2.45, 2.75) is 308 Å². The van der Waals surface area contributed by atoms with Gasteiger partial charge in [0.2, 0.25) is 0 Å². The molecule has 20 heteroatoms. The summed E-state index contributed by atoms with van der Waals surface area (Å²) in [5.74, 6) is 5.71. The number of benzene rings is 8. The zero-order chi connectivity index (χ0) is 82.0. The van der Waals surface area contributed by atoms with Gasteiger partial charge in [0.1, 0.15) is 46.0 Å². The minimum Gasteiger partial charge on any atom is -0.453 e. The van der Waals surface area contributed by atoms with Crippen molar-refractivity contribution < 1.29 is 37.9 Å². The van der Waals surface area contributed by atoms with Crippen LogP contribution in [-0.2, 0) is 0 Å². The van der Waals surface area contributed by atoms with Crippen molar-refractivity contribution in [1.29, 1.82) is 0 Å². The maximum atomic E-state index is 13.5. The molecule has 0 fully saturated rings. The quantitative estimate of drug-likeness (QED) is 0.0167. The molecule has 20 nitrogen and oxygen atoms in total. The number of hydrogen-bond acceptors (Lipinski definition) is 12. The van der Waals surface area contributed by atoms with E-state index in [1.54, 1.807) is 0 Å². The molecule has 0 saturated heterocycles. The van der Waals surface area contributed by atoms with Crippen LogP contribution in [0, 0.1) is 0 Å². The standard InChI is InChI=1S/C100H120N8O12/c1-5-9-13-17-21-25-29-33-37-41-61-65-45-67-62(42-38-34-30-26-22-18-14-10-6-2)69-47-71-64(44-40-36-32-28-24-20-16-12-8-4)72-48-70-63(43-39-35-31-27-23-19-15-11-7-3)68-46-66(61)82-58-84(68)116-92-52-76-78(106-99(111)104-76)54-94(92)118-86(70)60-88(72)120-96-56-80-79(107-100(112)108-80)55-95(96)119-87(71)59-85(69)117-93-53-77-75(103-98(110)105-77)51-91(93)115-83(67)57-81(65)113-89-49-73-74(50-90(89)114-82)102-97(109)101-73/h45-64H,5-44H2,1-4H3,(H2,101,102,109)(H2,103,105,110)(H2,104,106,111)(H2,107,108,112). The summed E-state index contributed by atoms with van der Waals surface area (Å²) in [5, 5.41) is 0. The van der Waals surface area contributed by atoms with Gasteiger partial charge in [0.05, 0.1) is 44.1 Å². The number of imidazole rings is 4. The van der Waals surface area contributed by atoms with E-state index in [2.05, 4.69) is 116 Å². The van der Waals surface area contributed by atoms with Crippen molar-refractivity contribution in [3.8, 4) is 92.0 Å². The third-order valence-corrected chi connectivity index (χ3v) is 26.0. The topological polar surface area (TPSA) is 268 Å². The van der Waals surface area contributed by atoms with E-state index in [-0.39, 0.29) is 22.8 Å². The fourth-order valence-electron chi connectivity index (χ4n) is 19.6. The van der Waals surface area contributed by atoms with E-state index in [0.29, 0.717) is 162 Å². The van der Waals surface area contributed by atoms with Gasteiger partial charge in [0.15, 0.2) is 46.0 Å². The second kappa shape index (κ2) is 37.9. The Bertz CT molecular complexity index is 4880. The molecule has 0 spiro atoms. The van der Waals surface area contributed by atoms with Gasteiger partial charge in [-0.25, -0.2) is 19.2 Å². The third-order valence-electron chi connectivity index (χ3n) is 26.0. The minimum atomic E-state index is -0.393. The SMILES string of the molecule is CCCCCCCCCCCC1c2cc3c4cc2Oc2cc5[nH]c(=O)[nH]c5cc2Oc2cc5c(cc21)C(CCCCCCCCCCC)c1cc2c(cc1Oc1cc6[nH]c(=O)[nH]c6cc1O5)Oc1cc5[nH]c(=O)[nH]c5cc1Oc1cc(c(cc1C2CCCCCCCCCCC)C3CCCCCCCCCCC)Oc1cc2[nH]c(=O)[nH]c2cc1O4. The summed E-state index contributed by atoms with van der Waals surface area (Å²) in [5.41, 5.74) is 10.3. The third kappa shape index (κ3) is 18.3. The number of aromatic amines is 8. The van der Waals surface area contributed by atoms with Gasteiger partial charge in [-0.2, -0.15) is 0 Å². The molecule has 4 aliphatic heterocycles. The molecule has 0 amide bonds. The Morgan fingerprint density at radius 3 is 0.450 bits per heavy atom. The smallest absolute Gasteiger partial charge is 0.323 e. The highest BCUT2D eigenvalue weighted by atomic mass is 16.5. The van der Waals surface area contributed by atoms with Crippen molar-refractivity contribution in [1.82, 2.24) is 39.9 Å². The summed E-state index contributed by atoms with van der Waals surface area (Å²) in [4.78, 5) is 78.4. The second-order valence-corrected chi connectivity index (χ2v) is 34.9. The first-order chi connectivity index (χ1) is 58.9. The van der Waals surface area contributed by atoms with E-state index >= 15 is 0 Å². The monoisotopic (exact) mass is 1620 g/mol. The number of unbranched alkanes of at least 4 members (excludes halogenated alkanes) is 32. The maximum Gasteiger partial charge on any atom is 0.323 e. The average Bonchev–Trinajstić information content (AvgIpc) is 1.48. The van der Waals surface area contributed by atoms with Gasteiger partial charge >= 0.3 is 22.8 Å². The Morgan fingerprint density at radius 1 is 0.175 bits per heavy atom. The largest absolute Gasteiger partial charge is 0.453 e. The molecule has 1 aliphatic carbocycles. The van der Waals surface area contributed by atoms with Crippen LogP contribution < -0.4 is 60.7 Å². The van der Waals surface area contributed by atoms with Gasteiger partial charge in [0, 0.05) is 141 Å². The van der Waals surface area contributed by atoms with Crippen LogP contribution in [0.2, 0.25) is 0 Å². The van der Waals surface area contributed by atoms with Crippen molar-refractivity contribution in [3.05, 3.63) is 184 Å². The van der Waals surface area contributed by atoms with Gasteiger partial charge in [0.25, 0.3) is 0 Å². The minimum absolute atomic E-state index is 0.362. The number of aromatic nitrogens is 8. The van der Waals surface area contributed by atoms with E-state index in [4.69, 9.17) is 37.9 Å². The molecule has 4 aromatic heterocycles. The predicted octanol–water partition coefficient (Wildman–Crippen LogP) is 28.5. The lowest BCUT2D eigenvalue weighted by Gasteiger charge is -2.30. The molecule has 632 valence electrons. The molecule has 8 bridgehead atoms. The number of rotatable bonds is 40. The molecule has 8 heterocycles. The zero-order valence-corrected chi connectivity index (χ0v) is 70.7. The van der Waals surface area contributed by atoms with Crippen LogP contribution in [0.3, 0.4) is 0 Å². The van der Waals surface area contributed by atoms with Crippen LogP contribution in [0.5, 0.6) is 92.0 Å². The predicted molar refractivity (Wildman–Crippen MR) is 477 cm³/mol. The van der Waals surface area contributed by atoms with Gasteiger partial charge < -0.3 is 77.8 Å². The highest BCUT2D eigenvalue weighted by molar-refractivity contribution is 5.84. The Hall–Kier alpha value is -10.8. The number of ether oxygens (including phenoxy) is 8.